The van der Waals surface area contributed by atoms with Gasteiger partial charge in [-0.2, -0.15) is 0 Å². The number of anilines is 1. The Morgan fingerprint density at radius 1 is 1.45 bits per heavy atom. The minimum absolute atomic E-state index is 0.0430. The molecule has 0 spiro atoms. The van der Waals surface area contributed by atoms with Gasteiger partial charge in [0, 0.05) is 30.3 Å². The minimum Gasteiger partial charge on any atom is -0.384 e. The summed E-state index contributed by atoms with van der Waals surface area (Å²) in [6.07, 6.45) is 0. The quantitative estimate of drug-likeness (QED) is 0.677. The average molecular weight is 303 g/mol. The van der Waals surface area contributed by atoms with Crippen molar-refractivity contribution in [2.75, 3.05) is 19.0 Å². The highest BCUT2D eigenvalue weighted by molar-refractivity contribution is 6.02. The van der Waals surface area contributed by atoms with Crippen LogP contribution in [0.25, 0.3) is 10.9 Å². The molecule has 1 unspecified atom stereocenters. The molecule has 1 aromatic carbocycles. The largest absolute Gasteiger partial charge is 0.384 e. The monoisotopic (exact) mass is 303 g/mol. The first kappa shape index (κ1) is 15.8. The van der Waals surface area contributed by atoms with E-state index in [2.05, 4.69) is 10.3 Å². The number of hydrogen-bond donors (Lipinski definition) is 1. The molecule has 1 N–H and O–H groups in total. The number of fused-ring (bicyclic) bond motifs is 1. The molecule has 0 aliphatic rings. The molecule has 1 aromatic heterocycles. The van der Waals surface area contributed by atoms with E-state index in [9.17, 15) is 14.9 Å². The van der Waals surface area contributed by atoms with Crippen molar-refractivity contribution in [3.8, 4) is 0 Å². The lowest BCUT2D eigenvalue weighted by atomic mass is 10.1. The number of carbonyl (C=O) groups excluding carboxylic acids is 1. The van der Waals surface area contributed by atoms with Crippen LogP contribution >= 0.6 is 0 Å². The number of nitro groups is 1. The van der Waals surface area contributed by atoms with E-state index in [0.717, 1.165) is 5.69 Å². The first-order valence-electron chi connectivity index (χ1n) is 6.78. The molecule has 22 heavy (non-hydrogen) atoms. The third-order valence-electron chi connectivity index (χ3n) is 3.25. The molecule has 7 nitrogen and oxygen atoms in total. The highest BCUT2D eigenvalue weighted by atomic mass is 16.6. The van der Waals surface area contributed by atoms with Crippen molar-refractivity contribution in [1.82, 2.24) is 4.98 Å². The lowest BCUT2D eigenvalue weighted by molar-refractivity contribution is -0.384. The van der Waals surface area contributed by atoms with Crippen molar-refractivity contribution < 1.29 is 14.5 Å². The summed E-state index contributed by atoms with van der Waals surface area (Å²) in [5.74, 6) is -0.535. The normalized spacial score (nSPS) is 12.1. The van der Waals surface area contributed by atoms with E-state index in [0.29, 0.717) is 23.2 Å². The van der Waals surface area contributed by atoms with Gasteiger partial charge < -0.3 is 10.1 Å². The van der Waals surface area contributed by atoms with Crippen molar-refractivity contribution in [1.29, 1.82) is 0 Å². The fourth-order valence-electron chi connectivity index (χ4n) is 2.14. The second kappa shape index (κ2) is 6.48. The molecular weight excluding hydrogens is 286 g/mol. The summed E-state index contributed by atoms with van der Waals surface area (Å²) in [6, 6.07) is 6.09. The van der Waals surface area contributed by atoms with E-state index in [4.69, 9.17) is 4.74 Å². The Bertz CT molecular complexity index is 730. The zero-order valence-corrected chi connectivity index (χ0v) is 12.6. The van der Waals surface area contributed by atoms with Crippen LogP contribution in [0.15, 0.2) is 24.3 Å². The summed E-state index contributed by atoms with van der Waals surface area (Å²) in [5, 5.41) is 14.3. The Balaban J connectivity index is 2.45. The molecule has 0 saturated carbocycles. The molecule has 2 aromatic rings. The number of pyridine rings is 1. The number of non-ortho nitro benzene ring substituents is 1. The number of aromatic nitrogens is 1. The number of nitro benzene ring substituents is 1. The van der Waals surface area contributed by atoms with Crippen LogP contribution in [0.4, 0.5) is 11.4 Å². The van der Waals surface area contributed by atoms with E-state index in [1.165, 1.54) is 19.2 Å². The highest BCUT2D eigenvalue weighted by Crippen LogP contribution is 2.27. The van der Waals surface area contributed by atoms with Gasteiger partial charge in [0.25, 0.3) is 5.69 Å². The van der Waals surface area contributed by atoms with Gasteiger partial charge in [0.1, 0.15) is 0 Å². The molecule has 0 fully saturated rings. The van der Waals surface area contributed by atoms with Crippen molar-refractivity contribution in [2.45, 2.75) is 13.8 Å². The second-order valence-corrected chi connectivity index (χ2v) is 5.12. The summed E-state index contributed by atoms with van der Waals surface area (Å²) in [7, 11) is 1.53. The Labute approximate surface area is 127 Å². The van der Waals surface area contributed by atoms with Gasteiger partial charge in [-0.3, -0.25) is 19.9 Å². The molecule has 1 atom stereocenters. The number of ether oxygens (including phenoxy) is 1. The third-order valence-corrected chi connectivity index (χ3v) is 3.25. The predicted molar refractivity (Wildman–Crippen MR) is 82.8 cm³/mol. The minimum atomic E-state index is -0.474. The third kappa shape index (κ3) is 3.37. The van der Waals surface area contributed by atoms with Crippen molar-refractivity contribution in [2.24, 2.45) is 5.92 Å². The topological polar surface area (TPSA) is 94.4 Å². The van der Waals surface area contributed by atoms with Gasteiger partial charge in [0.15, 0.2) is 0 Å². The fraction of sp³-hybridized carbons (Fsp3) is 0.333. The summed E-state index contributed by atoms with van der Waals surface area (Å²) in [5.41, 5.74) is 1.79. The predicted octanol–water partition coefficient (Wildman–Crippen LogP) is 2.67. The zero-order chi connectivity index (χ0) is 16.3. The van der Waals surface area contributed by atoms with Gasteiger partial charge in [-0.15, -0.1) is 0 Å². The molecule has 1 amide bonds. The molecule has 0 aliphatic carbocycles. The number of amides is 1. The lowest BCUT2D eigenvalue weighted by Crippen LogP contribution is -2.24. The number of nitrogens with zero attached hydrogens (tertiary/aromatic N) is 2. The smallest absolute Gasteiger partial charge is 0.270 e. The van der Waals surface area contributed by atoms with E-state index in [1.54, 1.807) is 26.0 Å². The molecule has 0 radical (unpaired) electrons. The van der Waals surface area contributed by atoms with E-state index in [-0.39, 0.29) is 17.5 Å². The number of methoxy groups -OCH3 is 1. The van der Waals surface area contributed by atoms with Crippen LogP contribution in [0.1, 0.15) is 12.6 Å². The molecule has 0 bridgehead atoms. The second-order valence-electron chi connectivity index (χ2n) is 5.12. The summed E-state index contributed by atoms with van der Waals surface area (Å²) < 4.78 is 4.96. The Morgan fingerprint density at radius 2 is 2.18 bits per heavy atom. The lowest BCUT2D eigenvalue weighted by Gasteiger charge is -2.13. The van der Waals surface area contributed by atoms with E-state index in [1.807, 2.05) is 0 Å². The Kier molecular flexibility index (Phi) is 4.67. The summed E-state index contributed by atoms with van der Waals surface area (Å²) in [4.78, 5) is 26.9. The molecule has 7 heteroatoms. The Morgan fingerprint density at radius 3 is 2.82 bits per heavy atom. The van der Waals surface area contributed by atoms with Crippen molar-refractivity contribution in [3.63, 3.8) is 0 Å². The maximum Gasteiger partial charge on any atom is 0.270 e. The number of carbonyl (C=O) groups is 1. The molecule has 0 saturated heterocycles. The fourth-order valence-corrected chi connectivity index (χ4v) is 2.14. The van der Waals surface area contributed by atoms with Gasteiger partial charge in [-0.05, 0) is 19.1 Å². The molecule has 2 rings (SSSR count). The van der Waals surface area contributed by atoms with E-state index < -0.39 is 4.92 Å². The number of aryl methyl sites for hydroxylation is 1. The van der Waals surface area contributed by atoms with Crippen LogP contribution in [0.3, 0.4) is 0 Å². The van der Waals surface area contributed by atoms with Crippen molar-refractivity contribution >= 4 is 28.2 Å². The molecule has 1 heterocycles. The number of rotatable bonds is 5. The highest BCUT2D eigenvalue weighted by Gasteiger charge is 2.16. The van der Waals surface area contributed by atoms with Gasteiger partial charge in [0.2, 0.25) is 5.91 Å². The maximum absolute atomic E-state index is 12.1. The van der Waals surface area contributed by atoms with Gasteiger partial charge in [-0.1, -0.05) is 6.92 Å². The van der Waals surface area contributed by atoms with Crippen LogP contribution in [0, 0.1) is 23.0 Å². The zero-order valence-electron chi connectivity index (χ0n) is 12.6. The summed E-state index contributed by atoms with van der Waals surface area (Å²) in [6.45, 7) is 3.85. The van der Waals surface area contributed by atoms with E-state index >= 15 is 0 Å². The molecule has 0 aliphatic heterocycles. The van der Waals surface area contributed by atoms with Crippen LogP contribution < -0.4 is 5.32 Å². The molecule has 116 valence electrons. The number of hydrogen-bond acceptors (Lipinski definition) is 5. The first-order valence-corrected chi connectivity index (χ1v) is 6.78. The average Bonchev–Trinajstić information content (AvgIpc) is 2.46. The first-order chi connectivity index (χ1) is 10.4. The van der Waals surface area contributed by atoms with Crippen LogP contribution in [-0.2, 0) is 9.53 Å². The van der Waals surface area contributed by atoms with Gasteiger partial charge in [-0.25, -0.2) is 0 Å². The summed E-state index contributed by atoms with van der Waals surface area (Å²) >= 11 is 0. The van der Waals surface area contributed by atoms with Crippen LogP contribution in [0.5, 0.6) is 0 Å². The van der Waals surface area contributed by atoms with Crippen LogP contribution in [0.2, 0.25) is 0 Å². The SMILES string of the molecule is COCC(C)C(=O)Nc1cc(C)nc2ccc([N+](=O)[O-])cc12. The number of nitrogens with one attached hydrogen (secondary N) is 1. The van der Waals surface area contributed by atoms with Gasteiger partial charge in [0.05, 0.1) is 28.7 Å². The number of benzene rings is 1. The van der Waals surface area contributed by atoms with Crippen molar-refractivity contribution in [3.05, 3.63) is 40.1 Å². The Hall–Kier alpha value is -2.54. The standard InChI is InChI=1S/C15H17N3O4/c1-9(8-22-3)15(19)17-14-6-10(2)16-13-5-4-11(18(20)21)7-12(13)14/h4-7,9H,8H2,1-3H3,(H,16,17,19). The maximum atomic E-state index is 12.1. The van der Waals surface area contributed by atoms with Gasteiger partial charge >= 0.3 is 0 Å². The molecular formula is C15H17N3O4. The van der Waals surface area contributed by atoms with Crippen LogP contribution in [-0.4, -0.2) is 29.5 Å².